The Labute approximate surface area is 203 Å². The van der Waals surface area contributed by atoms with Crippen LogP contribution < -0.4 is 51.4 Å². The molecule has 0 bridgehead atoms. The zero-order valence-electron chi connectivity index (χ0n) is 10.5. The van der Waals surface area contributed by atoms with Gasteiger partial charge in [0.15, 0.2) is 0 Å². The molecule has 0 unspecified atom stereocenters. The van der Waals surface area contributed by atoms with E-state index in [4.69, 9.17) is 0 Å². The molecule has 0 aliphatic rings. The minimum absolute atomic E-state index is 0. The van der Waals surface area contributed by atoms with E-state index in [9.17, 15) is 0 Å². The van der Waals surface area contributed by atoms with Gasteiger partial charge in [-0.15, -0.1) is 0 Å². The van der Waals surface area contributed by atoms with Gasteiger partial charge >= 0.3 is 183 Å². The van der Waals surface area contributed by atoms with Crippen LogP contribution in [-0.4, -0.2) is 132 Å². The Morgan fingerprint density at radius 2 is 1.20 bits per heavy atom. The molecule has 0 atom stereocenters. The number of rotatable bonds is 0. The van der Waals surface area contributed by atoms with Crippen LogP contribution in [0.15, 0.2) is 0 Å². The van der Waals surface area contributed by atoms with E-state index >= 15 is 0 Å². The van der Waals surface area contributed by atoms with Crippen molar-refractivity contribution in [3.8, 4) is 0 Å². The van der Waals surface area contributed by atoms with E-state index in [0.29, 0.717) is 0 Å². The van der Waals surface area contributed by atoms with E-state index in [0.717, 1.165) is 0 Å². The fourth-order valence-electron chi connectivity index (χ4n) is 0. The van der Waals surface area contributed by atoms with Crippen LogP contribution in [-0.2, 0) is 17.1 Å². The van der Waals surface area contributed by atoms with E-state index in [-0.39, 0.29) is 211 Å². The second-order valence-corrected chi connectivity index (χ2v) is 0. The third-order valence-electron chi connectivity index (χ3n) is 0. The van der Waals surface area contributed by atoms with Crippen molar-refractivity contribution in [2.45, 2.75) is 0 Å². The van der Waals surface area contributed by atoms with E-state index in [1.165, 1.54) is 0 Å². The van der Waals surface area contributed by atoms with Gasteiger partial charge in [-0.3, -0.25) is 0 Å². The predicted molar refractivity (Wildman–Crippen MR) is 25.0 cm³/mol. The van der Waals surface area contributed by atoms with E-state index < -0.39 is 0 Å². The van der Waals surface area contributed by atoms with Crippen LogP contribution in [0.4, 0.5) is 0 Å². The Hall–Kier alpha value is 6.47. The number of hydrogen-bond donors (Lipinski definition) is 0. The normalized spacial score (nSPS) is 0. The van der Waals surface area contributed by atoms with Crippen molar-refractivity contribution < 1.29 is 78.4 Å². The van der Waals surface area contributed by atoms with Crippen LogP contribution >= 0.6 is 0 Å². The zero-order valence-corrected chi connectivity index (χ0v) is 17.8. The first-order valence-electron chi connectivity index (χ1n) is 0. The number of hydrogen-bond acceptors (Lipinski definition) is 0. The molecule has 0 aromatic heterocycles. The molecule has 0 fully saturated rings. The van der Waals surface area contributed by atoms with Crippen LogP contribution in [0, 0.1) is 0 Å². The third kappa shape index (κ3) is 17.9. The van der Waals surface area contributed by atoms with Crippen LogP contribution in [0.3, 0.4) is 0 Å². The van der Waals surface area contributed by atoms with Gasteiger partial charge in [-0.1, -0.05) is 0 Å². The molecule has 0 spiro atoms. The summed E-state index contributed by atoms with van der Waals surface area (Å²) in [6.45, 7) is 0. The van der Waals surface area contributed by atoms with Gasteiger partial charge in [0.25, 0.3) is 0 Å². The molecular formula is H7BaCaFeKSr. The maximum absolute atomic E-state index is 0. The molecule has 5 heteroatoms. The molecule has 0 N–H and O–H groups in total. The second-order valence-electron chi connectivity index (χ2n) is 0. The van der Waals surface area contributed by atoms with Gasteiger partial charge in [-0.25, -0.2) is 0 Å². The summed E-state index contributed by atoms with van der Waals surface area (Å²) in [5, 5.41) is 0. The van der Waals surface area contributed by atoms with Gasteiger partial charge in [0, 0.05) is 17.1 Å². The first kappa shape index (κ1) is 30.0. The van der Waals surface area contributed by atoms with Crippen molar-refractivity contribution in [3.05, 3.63) is 0 Å². The topological polar surface area (TPSA) is 0 Å². The summed E-state index contributed by atoms with van der Waals surface area (Å²) in [6, 6.07) is 0. The van der Waals surface area contributed by atoms with Crippen LogP contribution in [0.25, 0.3) is 0 Å². The second kappa shape index (κ2) is 22.4. The summed E-state index contributed by atoms with van der Waals surface area (Å²) in [5.74, 6) is 0. The maximum Gasteiger partial charge on any atom is 2.00 e. The van der Waals surface area contributed by atoms with Crippen LogP contribution in [0.2, 0.25) is 0 Å². The third-order valence-corrected chi connectivity index (χ3v) is 0. The molecule has 0 saturated heterocycles. The standard InChI is InChI=1S/Ba.Ca.Fe.K.Sr.7H/q2*+2;;+1;+2;7*-1. The minimum atomic E-state index is 0. The molecule has 0 amide bonds. The molecule has 0 aromatic rings. The molecular weight excluding hydrogens is 360 g/mol. The van der Waals surface area contributed by atoms with Crippen molar-refractivity contribution in [2.75, 3.05) is 0 Å². The quantitative estimate of drug-likeness (QED) is 0.393. The van der Waals surface area contributed by atoms with Gasteiger partial charge in [-0.2, -0.15) is 0 Å². The maximum atomic E-state index is 0. The fraction of sp³-hybridized carbons (Fsp3) is 0. The fourth-order valence-corrected chi connectivity index (χ4v) is 0. The van der Waals surface area contributed by atoms with Crippen molar-refractivity contribution in [2.24, 2.45) is 0 Å². The van der Waals surface area contributed by atoms with Gasteiger partial charge in [-0.05, 0) is 0 Å². The summed E-state index contributed by atoms with van der Waals surface area (Å²) in [5.41, 5.74) is 0. The largest absolute Gasteiger partial charge is 2.00 e. The summed E-state index contributed by atoms with van der Waals surface area (Å²) in [6.07, 6.45) is 0. The summed E-state index contributed by atoms with van der Waals surface area (Å²) < 4.78 is 0. The predicted octanol–water partition coefficient (Wildman–Crippen LogP) is -3.35. The van der Waals surface area contributed by atoms with Crippen molar-refractivity contribution in [1.82, 2.24) is 0 Å². The van der Waals surface area contributed by atoms with Crippen LogP contribution in [0.1, 0.15) is 9.99 Å². The van der Waals surface area contributed by atoms with Gasteiger partial charge in [0.2, 0.25) is 0 Å². The average molecular weight is 367 g/mol. The summed E-state index contributed by atoms with van der Waals surface area (Å²) in [4.78, 5) is 0. The SMILES string of the molecule is [Ba+2].[Ca+2].[Fe].[H-].[H-].[H-].[H-].[H-].[H-].[H-].[K+].[Sr+2]. The van der Waals surface area contributed by atoms with Gasteiger partial charge in [0.1, 0.15) is 0 Å². The molecule has 22 valence electrons. The monoisotopic (exact) mass is 368 g/mol. The smallest absolute Gasteiger partial charge is 1.00 e. The van der Waals surface area contributed by atoms with Crippen LogP contribution in [0.5, 0.6) is 0 Å². The molecule has 0 rings (SSSR count). The molecule has 0 radical (unpaired) electrons. The molecule has 0 saturated carbocycles. The van der Waals surface area contributed by atoms with Gasteiger partial charge < -0.3 is 9.99 Å². The molecule has 0 aromatic carbocycles. The summed E-state index contributed by atoms with van der Waals surface area (Å²) in [7, 11) is 0. The van der Waals surface area contributed by atoms with E-state index in [2.05, 4.69) is 0 Å². The van der Waals surface area contributed by atoms with Crippen molar-refractivity contribution in [1.29, 1.82) is 0 Å². The summed E-state index contributed by atoms with van der Waals surface area (Å²) >= 11 is 0. The molecule has 0 aliphatic heterocycles. The Balaban J connectivity index is 0. The van der Waals surface area contributed by atoms with E-state index in [1.807, 2.05) is 0 Å². The first-order valence-corrected chi connectivity index (χ1v) is 0. The van der Waals surface area contributed by atoms with E-state index in [1.54, 1.807) is 0 Å². The molecule has 5 heavy (non-hydrogen) atoms. The Morgan fingerprint density at radius 1 is 1.20 bits per heavy atom. The van der Waals surface area contributed by atoms with Crippen molar-refractivity contribution >= 4 is 132 Å². The Kier molecular flexibility index (Phi) is 135. The molecule has 0 heterocycles. The molecule has 0 aliphatic carbocycles. The van der Waals surface area contributed by atoms with Gasteiger partial charge in [0.05, 0.1) is 0 Å². The average Bonchev–Trinajstić information content (AvgIpc) is 0. The minimum Gasteiger partial charge on any atom is -1.00 e. The Bertz CT molecular complexity index is 23.4. The first-order chi connectivity index (χ1) is 0. The zero-order chi connectivity index (χ0) is 0. The molecule has 0 nitrogen and oxygen atoms in total. The Morgan fingerprint density at radius 3 is 1.20 bits per heavy atom. The van der Waals surface area contributed by atoms with Crippen molar-refractivity contribution in [3.63, 3.8) is 0 Å².